The minimum atomic E-state index is -0.261. The van der Waals surface area contributed by atoms with Gasteiger partial charge in [-0.1, -0.05) is 29.3 Å². The molecule has 0 aliphatic carbocycles. The van der Waals surface area contributed by atoms with E-state index in [0.717, 1.165) is 24.4 Å². The van der Waals surface area contributed by atoms with Crippen LogP contribution in [0.5, 0.6) is 5.75 Å². The molecule has 5 heteroatoms. The normalized spacial score (nSPS) is 17.1. The quantitative estimate of drug-likeness (QED) is 0.799. The second kappa shape index (κ2) is 8.34. The summed E-state index contributed by atoms with van der Waals surface area (Å²) in [7, 11) is 0. The lowest BCUT2D eigenvalue weighted by molar-refractivity contribution is 0.203. The topological polar surface area (TPSA) is 21.3 Å². The van der Waals surface area contributed by atoms with Crippen molar-refractivity contribution in [2.75, 3.05) is 6.54 Å². The van der Waals surface area contributed by atoms with Gasteiger partial charge < -0.3 is 4.74 Å². The Morgan fingerprint density at radius 3 is 2.48 bits per heavy atom. The molecule has 1 heterocycles. The predicted molar refractivity (Wildman–Crippen MR) is 93.9 cm³/mol. The fourth-order valence-corrected chi connectivity index (χ4v) is 2.60. The first-order valence-electron chi connectivity index (χ1n) is 7.29. The van der Waals surface area contributed by atoms with Gasteiger partial charge in [0.1, 0.15) is 11.6 Å². The number of ether oxygens (including phenoxy) is 1. The minimum absolute atomic E-state index is 0. The summed E-state index contributed by atoms with van der Waals surface area (Å²) in [4.78, 5) is 0. The Morgan fingerprint density at radius 2 is 1.78 bits per heavy atom. The van der Waals surface area contributed by atoms with E-state index in [1.165, 1.54) is 23.3 Å². The SMILES string of the molecule is Cl.Fc1ccc(OC2C=C(Cc3ccc(Cl)cc3)CCN2)cc1. The molecule has 0 fully saturated rings. The van der Waals surface area contributed by atoms with Crippen molar-refractivity contribution in [3.63, 3.8) is 0 Å². The van der Waals surface area contributed by atoms with Crippen LogP contribution in [-0.2, 0) is 6.42 Å². The van der Waals surface area contributed by atoms with Gasteiger partial charge in [0.05, 0.1) is 0 Å². The Morgan fingerprint density at radius 1 is 1.09 bits per heavy atom. The molecule has 0 radical (unpaired) electrons. The van der Waals surface area contributed by atoms with Crippen LogP contribution in [0.15, 0.2) is 60.2 Å². The van der Waals surface area contributed by atoms with Crippen molar-refractivity contribution >= 4 is 24.0 Å². The third-order valence-electron chi connectivity index (χ3n) is 3.60. The third kappa shape index (κ3) is 5.24. The van der Waals surface area contributed by atoms with Crippen LogP contribution in [0.2, 0.25) is 5.02 Å². The molecule has 3 rings (SSSR count). The van der Waals surface area contributed by atoms with Gasteiger partial charge in [-0.05, 0) is 60.9 Å². The number of hydrogen-bond acceptors (Lipinski definition) is 2. The van der Waals surface area contributed by atoms with Gasteiger partial charge in [-0.25, -0.2) is 4.39 Å². The molecule has 1 N–H and O–H groups in total. The maximum Gasteiger partial charge on any atom is 0.169 e. The van der Waals surface area contributed by atoms with E-state index in [1.807, 2.05) is 24.3 Å². The van der Waals surface area contributed by atoms with E-state index in [-0.39, 0.29) is 24.5 Å². The molecule has 0 spiro atoms. The summed E-state index contributed by atoms with van der Waals surface area (Å²) in [6.45, 7) is 0.866. The Bertz CT molecular complexity index is 656. The first kappa shape index (κ1) is 17.8. The van der Waals surface area contributed by atoms with Crippen LogP contribution < -0.4 is 10.1 Å². The first-order chi connectivity index (χ1) is 10.7. The average Bonchev–Trinajstić information content (AvgIpc) is 2.52. The summed E-state index contributed by atoms with van der Waals surface area (Å²) in [5.41, 5.74) is 2.56. The van der Waals surface area contributed by atoms with Gasteiger partial charge in [-0.2, -0.15) is 0 Å². The van der Waals surface area contributed by atoms with Crippen LogP contribution in [0.4, 0.5) is 4.39 Å². The van der Waals surface area contributed by atoms with Crippen LogP contribution in [0, 0.1) is 5.82 Å². The van der Waals surface area contributed by atoms with Crippen molar-refractivity contribution in [2.24, 2.45) is 0 Å². The van der Waals surface area contributed by atoms with Crippen LogP contribution in [-0.4, -0.2) is 12.8 Å². The van der Waals surface area contributed by atoms with E-state index < -0.39 is 0 Å². The Kier molecular flexibility index (Phi) is 6.46. The largest absolute Gasteiger partial charge is 0.472 e. The van der Waals surface area contributed by atoms with Gasteiger partial charge in [0, 0.05) is 11.6 Å². The predicted octanol–water partition coefficient (Wildman–Crippen LogP) is 4.77. The molecule has 23 heavy (non-hydrogen) atoms. The molecule has 1 atom stereocenters. The van der Waals surface area contributed by atoms with Crippen LogP contribution >= 0.6 is 24.0 Å². The van der Waals surface area contributed by atoms with Crippen molar-refractivity contribution in [1.29, 1.82) is 0 Å². The molecule has 0 aromatic heterocycles. The van der Waals surface area contributed by atoms with Crippen LogP contribution in [0.1, 0.15) is 12.0 Å². The molecule has 0 bridgehead atoms. The molecule has 2 nitrogen and oxygen atoms in total. The molecule has 0 amide bonds. The van der Waals surface area contributed by atoms with E-state index in [4.69, 9.17) is 16.3 Å². The smallest absolute Gasteiger partial charge is 0.169 e. The van der Waals surface area contributed by atoms with Crippen molar-refractivity contribution in [3.05, 3.63) is 76.6 Å². The standard InChI is InChI=1S/C18H17ClFNO.ClH/c19-15-3-1-13(2-4-15)11-14-9-10-21-18(12-14)22-17-7-5-16(20)6-8-17;/h1-8,12,18,21H,9-11H2;1H. The molecular weight excluding hydrogens is 336 g/mol. The molecule has 2 aromatic rings. The lowest BCUT2D eigenvalue weighted by atomic mass is 10.00. The molecule has 122 valence electrons. The Hall–Kier alpha value is -1.55. The maximum absolute atomic E-state index is 12.9. The summed E-state index contributed by atoms with van der Waals surface area (Å²) in [5, 5.41) is 4.04. The highest BCUT2D eigenvalue weighted by atomic mass is 35.5. The summed E-state index contributed by atoms with van der Waals surface area (Å²) >= 11 is 5.91. The summed E-state index contributed by atoms with van der Waals surface area (Å²) in [5.74, 6) is 0.394. The van der Waals surface area contributed by atoms with Gasteiger partial charge in [-0.15, -0.1) is 12.4 Å². The van der Waals surface area contributed by atoms with Crippen molar-refractivity contribution in [3.8, 4) is 5.75 Å². The zero-order chi connectivity index (χ0) is 15.4. The highest BCUT2D eigenvalue weighted by molar-refractivity contribution is 6.30. The summed E-state index contributed by atoms with van der Waals surface area (Å²) in [6, 6.07) is 14.0. The van der Waals surface area contributed by atoms with Gasteiger partial charge in [0.2, 0.25) is 0 Å². The number of rotatable bonds is 4. The summed E-state index contributed by atoms with van der Waals surface area (Å²) in [6.07, 6.45) is 3.80. The Balaban J connectivity index is 0.00000192. The fraction of sp³-hybridized carbons (Fsp3) is 0.222. The maximum atomic E-state index is 12.9. The first-order valence-corrected chi connectivity index (χ1v) is 7.66. The highest BCUT2D eigenvalue weighted by Crippen LogP contribution is 2.19. The second-order valence-electron chi connectivity index (χ2n) is 5.32. The van der Waals surface area contributed by atoms with Crippen LogP contribution in [0.3, 0.4) is 0 Å². The minimum Gasteiger partial charge on any atom is -0.472 e. The second-order valence-corrected chi connectivity index (χ2v) is 5.76. The zero-order valence-electron chi connectivity index (χ0n) is 12.5. The van der Waals surface area contributed by atoms with E-state index >= 15 is 0 Å². The van der Waals surface area contributed by atoms with E-state index in [1.54, 1.807) is 12.1 Å². The lowest BCUT2D eigenvalue weighted by Crippen LogP contribution is -2.37. The number of halogens is 3. The number of nitrogens with one attached hydrogen (secondary N) is 1. The lowest BCUT2D eigenvalue weighted by Gasteiger charge is -2.24. The highest BCUT2D eigenvalue weighted by Gasteiger charge is 2.14. The van der Waals surface area contributed by atoms with Crippen molar-refractivity contribution < 1.29 is 9.13 Å². The van der Waals surface area contributed by atoms with Gasteiger partial charge in [0.25, 0.3) is 0 Å². The molecule has 2 aromatic carbocycles. The van der Waals surface area contributed by atoms with Crippen LogP contribution in [0.25, 0.3) is 0 Å². The van der Waals surface area contributed by atoms with Gasteiger partial charge in [-0.3, -0.25) is 5.32 Å². The average molecular weight is 354 g/mol. The molecular formula is C18H18Cl2FNO. The van der Waals surface area contributed by atoms with E-state index in [9.17, 15) is 4.39 Å². The Labute approximate surface area is 146 Å². The molecule has 1 aliphatic rings. The van der Waals surface area contributed by atoms with Gasteiger partial charge >= 0.3 is 0 Å². The number of benzene rings is 2. The zero-order valence-corrected chi connectivity index (χ0v) is 14.0. The fourth-order valence-electron chi connectivity index (χ4n) is 2.48. The monoisotopic (exact) mass is 353 g/mol. The van der Waals surface area contributed by atoms with Crippen molar-refractivity contribution in [2.45, 2.75) is 19.1 Å². The molecule has 1 unspecified atom stereocenters. The summed E-state index contributed by atoms with van der Waals surface area (Å²) < 4.78 is 18.7. The third-order valence-corrected chi connectivity index (χ3v) is 3.85. The molecule has 0 saturated heterocycles. The molecule has 1 aliphatic heterocycles. The van der Waals surface area contributed by atoms with Gasteiger partial charge in [0.15, 0.2) is 6.23 Å². The molecule has 0 saturated carbocycles. The van der Waals surface area contributed by atoms with E-state index in [0.29, 0.717) is 5.75 Å². The van der Waals surface area contributed by atoms with E-state index in [2.05, 4.69) is 11.4 Å². The number of hydrogen-bond donors (Lipinski definition) is 1. The van der Waals surface area contributed by atoms with Crippen molar-refractivity contribution in [1.82, 2.24) is 5.32 Å².